The van der Waals surface area contributed by atoms with Crippen LogP contribution >= 0.6 is 0 Å². The number of rotatable bonds is 8. The fraction of sp³-hybridized carbons (Fsp3) is 0.652. The summed E-state index contributed by atoms with van der Waals surface area (Å²) in [6, 6.07) is 0.290. The Morgan fingerprint density at radius 2 is 1.94 bits per heavy atom. The number of nitrogens with one attached hydrogen (secondary N) is 2. The molecule has 1 amide bonds. The molecule has 0 unspecified atom stereocenters. The van der Waals surface area contributed by atoms with Crippen molar-refractivity contribution >= 4 is 23.4 Å². The SMILES string of the molecule is Cc1nn(C2CCN(C)CC2)cc1Nc1ncc(C(F)(F)F)c(NCCCN2CCCCC2=O)n1. The molecular formula is C23H33F3N8O. The molecule has 9 nitrogen and oxygen atoms in total. The van der Waals surface area contributed by atoms with Crippen LogP contribution in [-0.4, -0.2) is 75.2 Å². The van der Waals surface area contributed by atoms with Gasteiger partial charge in [0.15, 0.2) is 0 Å². The van der Waals surface area contributed by atoms with Gasteiger partial charge in [0.2, 0.25) is 11.9 Å². The highest BCUT2D eigenvalue weighted by Gasteiger charge is 2.35. The minimum absolute atomic E-state index is 0.0673. The van der Waals surface area contributed by atoms with E-state index < -0.39 is 11.7 Å². The van der Waals surface area contributed by atoms with Gasteiger partial charge in [-0.25, -0.2) is 4.98 Å². The van der Waals surface area contributed by atoms with Crippen molar-refractivity contribution in [3.63, 3.8) is 0 Å². The van der Waals surface area contributed by atoms with Crippen LogP contribution < -0.4 is 10.6 Å². The smallest absolute Gasteiger partial charge is 0.369 e. The largest absolute Gasteiger partial charge is 0.421 e. The first-order chi connectivity index (χ1) is 16.7. The molecule has 35 heavy (non-hydrogen) atoms. The standard InChI is InChI=1S/C23H33F3N8O/c1-16-19(15-34(31-16)17-7-12-32(2)13-8-17)29-22-28-14-18(23(24,25)26)21(30-22)27-9-5-11-33-10-4-3-6-20(33)35/h14-15,17H,3-13H2,1-2H3,(H2,27,28,29,30). The average molecular weight is 495 g/mol. The molecule has 2 aromatic rings. The van der Waals surface area contributed by atoms with Gasteiger partial charge in [0, 0.05) is 38.4 Å². The van der Waals surface area contributed by atoms with Gasteiger partial charge in [0.1, 0.15) is 11.4 Å². The van der Waals surface area contributed by atoms with Gasteiger partial charge in [-0.1, -0.05) is 0 Å². The summed E-state index contributed by atoms with van der Waals surface area (Å²) in [7, 11) is 2.10. The third kappa shape index (κ3) is 6.41. The third-order valence-electron chi connectivity index (χ3n) is 6.64. The molecule has 2 saturated heterocycles. The van der Waals surface area contributed by atoms with E-state index in [-0.39, 0.29) is 30.3 Å². The molecule has 12 heteroatoms. The van der Waals surface area contributed by atoms with Crippen molar-refractivity contribution in [1.29, 1.82) is 0 Å². The predicted octanol–water partition coefficient (Wildman–Crippen LogP) is 3.83. The van der Waals surface area contributed by atoms with Gasteiger partial charge in [0.25, 0.3) is 0 Å². The second kappa shape index (κ2) is 10.8. The summed E-state index contributed by atoms with van der Waals surface area (Å²) in [5.74, 6) is -0.102. The second-order valence-electron chi connectivity index (χ2n) is 9.34. The van der Waals surface area contributed by atoms with E-state index in [1.165, 1.54) is 0 Å². The number of piperidine rings is 2. The Morgan fingerprint density at radius 1 is 1.17 bits per heavy atom. The van der Waals surface area contributed by atoms with Gasteiger partial charge in [-0.3, -0.25) is 9.48 Å². The number of carbonyl (C=O) groups is 1. The van der Waals surface area contributed by atoms with Crippen molar-refractivity contribution in [2.45, 2.75) is 57.7 Å². The van der Waals surface area contributed by atoms with Crippen LogP contribution in [0.15, 0.2) is 12.4 Å². The number of hydrogen-bond donors (Lipinski definition) is 2. The summed E-state index contributed by atoms with van der Waals surface area (Å²) in [6.07, 6.45) is 2.99. The minimum atomic E-state index is -4.58. The van der Waals surface area contributed by atoms with Crippen molar-refractivity contribution in [2.24, 2.45) is 0 Å². The number of alkyl halides is 3. The van der Waals surface area contributed by atoms with Gasteiger partial charge < -0.3 is 20.4 Å². The van der Waals surface area contributed by atoms with Crippen LogP contribution in [0.2, 0.25) is 0 Å². The highest BCUT2D eigenvalue weighted by atomic mass is 19.4. The number of anilines is 3. The Balaban J connectivity index is 1.42. The third-order valence-corrected chi connectivity index (χ3v) is 6.64. The van der Waals surface area contributed by atoms with Crippen molar-refractivity contribution in [3.8, 4) is 0 Å². The zero-order valence-electron chi connectivity index (χ0n) is 20.2. The maximum atomic E-state index is 13.5. The summed E-state index contributed by atoms with van der Waals surface area (Å²) in [4.78, 5) is 24.0. The number of carbonyl (C=O) groups excluding carboxylic acids is 1. The number of aromatic nitrogens is 4. The molecule has 0 atom stereocenters. The Hall–Kier alpha value is -2.89. The van der Waals surface area contributed by atoms with E-state index in [9.17, 15) is 18.0 Å². The predicted molar refractivity (Wildman–Crippen MR) is 127 cm³/mol. The average Bonchev–Trinajstić information content (AvgIpc) is 3.17. The summed E-state index contributed by atoms with van der Waals surface area (Å²) in [5.41, 5.74) is 0.474. The molecule has 0 aromatic carbocycles. The van der Waals surface area contributed by atoms with Crippen LogP contribution in [0.1, 0.15) is 55.8 Å². The normalized spacial score (nSPS) is 18.2. The highest BCUT2D eigenvalue weighted by Crippen LogP contribution is 2.34. The molecule has 0 bridgehead atoms. The lowest BCUT2D eigenvalue weighted by Gasteiger charge is -2.28. The lowest BCUT2D eigenvalue weighted by molar-refractivity contribution is -0.137. The van der Waals surface area contributed by atoms with Crippen LogP contribution in [-0.2, 0) is 11.0 Å². The Morgan fingerprint density at radius 3 is 2.66 bits per heavy atom. The fourth-order valence-corrected chi connectivity index (χ4v) is 4.53. The first-order valence-electron chi connectivity index (χ1n) is 12.2. The van der Waals surface area contributed by atoms with Crippen molar-refractivity contribution < 1.29 is 18.0 Å². The molecule has 0 aliphatic carbocycles. The molecular weight excluding hydrogens is 461 g/mol. The summed E-state index contributed by atoms with van der Waals surface area (Å²) >= 11 is 0. The van der Waals surface area contributed by atoms with E-state index in [1.807, 2.05) is 17.8 Å². The number of aryl methyl sites for hydroxylation is 1. The molecule has 2 aliphatic rings. The maximum absolute atomic E-state index is 13.5. The fourth-order valence-electron chi connectivity index (χ4n) is 4.53. The van der Waals surface area contributed by atoms with Crippen LogP contribution in [0.4, 0.5) is 30.6 Å². The molecule has 192 valence electrons. The Labute approximate surface area is 203 Å². The number of nitrogens with zero attached hydrogens (tertiary/aromatic N) is 6. The highest BCUT2D eigenvalue weighted by molar-refractivity contribution is 5.76. The van der Waals surface area contributed by atoms with E-state index in [0.29, 0.717) is 31.6 Å². The minimum Gasteiger partial charge on any atom is -0.369 e. The molecule has 2 aromatic heterocycles. The first kappa shape index (κ1) is 25.2. The van der Waals surface area contributed by atoms with Crippen LogP contribution in [0.5, 0.6) is 0 Å². The van der Waals surface area contributed by atoms with E-state index in [2.05, 4.69) is 37.6 Å². The zero-order valence-corrected chi connectivity index (χ0v) is 20.2. The quantitative estimate of drug-likeness (QED) is 0.539. The van der Waals surface area contributed by atoms with Crippen LogP contribution in [0.25, 0.3) is 0 Å². The topological polar surface area (TPSA) is 91.2 Å². The Kier molecular flexibility index (Phi) is 7.78. The lowest BCUT2D eigenvalue weighted by atomic mass is 10.1. The van der Waals surface area contributed by atoms with E-state index >= 15 is 0 Å². The van der Waals surface area contributed by atoms with E-state index in [1.54, 1.807) is 4.90 Å². The first-order valence-corrected chi connectivity index (χ1v) is 12.2. The number of likely N-dealkylation sites (tertiary alicyclic amines) is 2. The van der Waals surface area contributed by atoms with Gasteiger partial charge in [-0.15, -0.1) is 0 Å². The molecule has 0 radical (unpaired) electrons. The molecule has 2 fully saturated rings. The van der Waals surface area contributed by atoms with Gasteiger partial charge >= 0.3 is 6.18 Å². The molecule has 2 aliphatic heterocycles. The van der Waals surface area contributed by atoms with Crippen LogP contribution in [0.3, 0.4) is 0 Å². The summed E-state index contributed by atoms with van der Waals surface area (Å²) in [5, 5.41) is 10.4. The van der Waals surface area contributed by atoms with E-state index in [0.717, 1.165) is 50.7 Å². The monoisotopic (exact) mass is 494 g/mol. The van der Waals surface area contributed by atoms with Gasteiger partial charge in [-0.2, -0.15) is 23.3 Å². The van der Waals surface area contributed by atoms with Crippen LogP contribution in [0, 0.1) is 6.92 Å². The Bertz CT molecular complexity index is 1020. The maximum Gasteiger partial charge on any atom is 0.421 e. The number of hydrogen-bond acceptors (Lipinski definition) is 7. The van der Waals surface area contributed by atoms with E-state index in [4.69, 9.17) is 0 Å². The van der Waals surface area contributed by atoms with Gasteiger partial charge in [0.05, 0.1) is 17.4 Å². The van der Waals surface area contributed by atoms with Crippen molar-refractivity contribution in [1.82, 2.24) is 29.5 Å². The summed E-state index contributed by atoms with van der Waals surface area (Å²) in [6.45, 7) is 5.32. The zero-order chi connectivity index (χ0) is 25.0. The van der Waals surface area contributed by atoms with Crippen molar-refractivity contribution in [3.05, 3.63) is 23.7 Å². The molecule has 0 spiro atoms. The lowest BCUT2D eigenvalue weighted by Crippen LogP contribution is -2.36. The number of halogens is 3. The molecule has 4 rings (SSSR count). The van der Waals surface area contributed by atoms with Crippen molar-refractivity contribution in [2.75, 3.05) is 50.4 Å². The molecule has 0 saturated carbocycles. The van der Waals surface area contributed by atoms with Gasteiger partial charge in [-0.05, 0) is 59.2 Å². The summed E-state index contributed by atoms with van der Waals surface area (Å²) < 4.78 is 42.6. The number of amides is 1. The molecule has 2 N–H and O–H groups in total. The second-order valence-corrected chi connectivity index (χ2v) is 9.34. The molecule has 4 heterocycles.